The zero-order chi connectivity index (χ0) is 17.8. The third-order valence-electron chi connectivity index (χ3n) is 4.17. The Morgan fingerprint density at radius 3 is 2.44 bits per heavy atom. The number of hydrogen-bond acceptors (Lipinski definition) is 3. The van der Waals surface area contributed by atoms with Gasteiger partial charge in [0.2, 0.25) is 5.91 Å². The van der Waals surface area contributed by atoms with E-state index in [1.54, 1.807) is 6.07 Å². The molecule has 0 spiro atoms. The van der Waals surface area contributed by atoms with Crippen molar-refractivity contribution in [1.29, 1.82) is 0 Å². The van der Waals surface area contributed by atoms with E-state index < -0.39 is 6.04 Å². The molecular formula is C18H18Br2N2O2S. The van der Waals surface area contributed by atoms with E-state index in [-0.39, 0.29) is 11.8 Å². The molecule has 1 aliphatic rings. The number of likely N-dealkylation sites (tertiary alicyclic amines) is 1. The summed E-state index contributed by atoms with van der Waals surface area (Å²) in [6.07, 6.45) is 2.56. The maximum atomic E-state index is 12.9. The predicted octanol–water partition coefficient (Wildman–Crippen LogP) is 4.24. The predicted molar refractivity (Wildman–Crippen MR) is 107 cm³/mol. The lowest BCUT2D eigenvalue weighted by Crippen LogP contribution is -2.48. The van der Waals surface area contributed by atoms with Crippen molar-refractivity contribution in [3.8, 4) is 0 Å². The molecule has 0 saturated carbocycles. The first-order valence-corrected chi connectivity index (χ1v) is 10.5. The molecule has 132 valence electrons. The van der Waals surface area contributed by atoms with Crippen molar-refractivity contribution in [3.63, 3.8) is 0 Å². The number of amides is 2. The van der Waals surface area contributed by atoms with Crippen LogP contribution in [0.5, 0.6) is 0 Å². The van der Waals surface area contributed by atoms with Crippen LogP contribution in [-0.2, 0) is 11.2 Å². The Balaban J connectivity index is 1.77. The number of halogens is 2. The Morgan fingerprint density at radius 1 is 1.16 bits per heavy atom. The van der Waals surface area contributed by atoms with Crippen molar-refractivity contribution in [1.82, 2.24) is 10.2 Å². The van der Waals surface area contributed by atoms with Gasteiger partial charge in [-0.15, -0.1) is 11.3 Å². The van der Waals surface area contributed by atoms with E-state index in [0.29, 0.717) is 11.3 Å². The van der Waals surface area contributed by atoms with Gasteiger partial charge in [-0.2, -0.15) is 0 Å². The van der Waals surface area contributed by atoms with Gasteiger partial charge in [0.25, 0.3) is 5.91 Å². The zero-order valence-corrected chi connectivity index (χ0v) is 17.5. The summed E-state index contributed by atoms with van der Waals surface area (Å²) in [5, 5.41) is 2.94. The molecule has 0 bridgehead atoms. The molecule has 1 aromatic carbocycles. The van der Waals surface area contributed by atoms with Gasteiger partial charge >= 0.3 is 0 Å². The van der Waals surface area contributed by atoms with Crippen molar-refractivity contribution in [2.75, 3.05) is 13.1 Å². The smallest absolute Gasteiger partial charge is 0.262 e. The highest BCUT2D eigenvalue weighted by molar-refractivity contribution is 9.13. The largest absolute Gasteiger partial charge is 0.341 e. The molecule has 0 radical (unpaired) electrons. The van der Waals surface area contributed by atoms with Crippen LogP contribution in [-0.4, -0.2) is 35.8 Å². The van der Waals surface area contributed by atoms with Crippen molar-refractivity contribution in [3.05, 3.63) is 55.1 Å². The van der Waals surface area contributed by atoms with Crippen molar-refractivity contribution in [2.45, 2.75) is 25.3 Å². The highest BCUT2D eigenvalue weighted by atomic mass is 79.9. The number of rotatable bonds is 5. The summed E-state index contributed by atoms with van der Waals surface area (Å²) in [7, 11) is 0. The number of thiophene rings is 1. The van der Waals surface area contributed by atoms with Crippen LogP contribution in [0.3, 0.4) is 0 Å². The molecule has 3 rings (SSSR count). The van der Waals surface area contributed by atoms with Crippen LogP contribution in [0.2, 0.25) is 0 Å². The van der Waals surface area contributed by atoms with E-state index in [2.05, 4.69) is 37.2 Å². The highest BCUT2D eigenvalue weighted by Crippen LogP contribution is 2.32. The summed E-state index contributed by atoms with van der Waals surface area (Å²) in [6.45, 7) is 1.55. The maximum Gasteiger partial charge on any atom is 0.262 e. The monoisotopic (exact) mass is 484 g/mol. The average Bonchev–Trinajstić information content (AvgIpc) is 3.25. The minimum Gasteiger partial charge on any atom is -0.341 e. The molecule has 2 aromatic rings. The molecule has 1 atom stereocenters. The van der Waals surface area contributed by atoms with Gasteiger partial charge in [0.1, 0.15) is 6.04 Å². The number of carbonyl (C=O) groups excluding carboxylic acids is 2. The Bertz CT molecular complexity index is 738. The lowest BCUT2D eigenvalue weighted by atomic mass is 10.0. The number of hydrogen-bond donors (Lipinski definition) is 1. The van der Waals surface area contributed by atoms with Crippen molar-refractivity contribution >= 4 is 55.0 Å². The molecule has 1 unspecified atom stereocenters. The summed E-state index contributed by atoms with van der Waals surface area (Å²) in [6, 6.07) is 11.0. The second kappa shape index (κ2) is 8.47. The standard InChI is InChI=1S/C18H18Br2N2O2S/c19-13-11-15(25-16(13)20)17(23)21-14(10-12-6-2-1-3-7-12)18(24)22-8-4-5-9-22/h1-3,6-7,11,14H,4-5,8-10H2,(H,21,23). The topological polar surface area (TPSA) is 49.4 Å². The van der Waals surface area contributed by atoms with Crippen LogP contribution in [0, 0.1) is 0 Å². The first kappa shape index (κ1) is 18.6. The minimum absolute atomic E-state index is 0.00407. The Morgan fingerprint density at radius 2 is 1.84 bits per heavy atom. The molecular weight excluding hydrogens is 468 g/mol. The van der Waals surface area contributed by atoms with E-state index in [9.17, 15) is 9.59 Å². The average molecular weight is 486 g/mol. The molecule has 2 heterocycles. The molecule has 0 aliphatic carbocycles. The minimum atomic E-state index is -0.548. The van der Waals surface area contributed by atoms with Gasteiger partial charge in [-0.05, 0) is 56.3 Å². The molecule has 1 aromatic heterocycles. The van der Waals surface area contributed by atoms with Crippen LogP contribution < -0.4 is 5.32 Å². The van der Waals surface area contributed by atoms with E-state index in [1.165, 1.54) is 11.3 Å². The Labute approximate surface area is 167 Å². The first-order valence-electron chi connectivity index (χ1n) is 8.13. The van der Waals surface area contributed by atoms with Crippen molar-refractivity contribution in [2.24, 2.45) is 0 Å². The number of nitrogens with zero attached hydrogens (tertiary/aromatic N) is 1. The van der Waals surface area contributed by atoms with E-state index in [1.807, 2.05) is 35.2 Å². The van der Waals surface area contributed by atoms with Gasteiger partial charge in [0.15, 0.2) is 0 Å². The third kappa shape index (κ3) is 4.71. The lowest BCUT2D eigenvalue weighted by Gasteiger charge is -2.24. The number of benzene rings is 1. The Kier molecular flexibility index (Phi) is 6.30. The summed E-state index contributed by atoms with van der Waals surface area (Å²) < 4.78 is 1.70. The number of carbonyl (C=O) groups is 2. The first-order chi connectivity index (χ1) is 12.0. The fourth-order valence-electron chi connectivity index (χ4n) is 2.90. The molecule has 1 fully saturated rings. The number of nitrogens with one attached hydrogen (secondary N) is 1. The molecule has 25 heavy (non-hydrogen) atoms. The van der Waals surface area contributed by atoms with Gasteiger partial charge in [0.05, 0.1) is 8.66 Å². The van der Waals surface area contributed by atoms with Gasteiger partial charge in [-0.3, -0.25) is 9.59 Å². The summed E-state index contributed by atoms with van der Waals surface area (Å²) in [4.78, 5) is 27.9. The maximum absolute atomic E-state index is 12.9. The third-order valence-corrected chi connectivity index (χ3v) is 7.43. The molecule has 1 N–H and O–H groups in total. The summed E-state index contributed by atoms with van der Waals surface area (Å²) >= 11 is 8.15. The van der Waals surface area contributed by atoms with Gasteiger partial charge in [-0.1, -0.05) is 30.3 Å². The quantitative estimate of drug-likeness (QED) is 0.688. The van der Waals surface area contributed by atoms with E-state index in [4.69, 9.17) is 0 Å². The van der Waals surface area contributed by atoms with E-state index >= 15 is 0 Å². The van der Waals surface area contributed by atoms with Crippen LogP contribution in [0.4, 0.5) is 0 Å². The van der Waals surface area contributed by atoms with Crippen LogP contribution >= 0.6 is 43.2 Å². The fraction of sp³-hybridized carbons (Fsp3) is 0.333. The summed E-state index contributed by atoms with van der Waals surface area (Å²) in [5.74, 6) is -0.214. The van der Waals surface area contributed by atoms with Crippen molar-refractivity contribution < 1.29 is 9.59 Å². The van der Waals surface area contributed by atoms with Crippen LogP contribution in [0.15, 0.2) is 44.7 Å². The molecule has 2 amide bonds. The molecule has 4 nitrogen and oxygen atoms in total. The van der Waals surface area contributed by atoms with Crippen LogP contribution in [0.25, 0.3) is 0 Å². The Hall–Kier alpha value is -1.18. The zero-order valence-electron chi connectivity index (χ0n) is 13.5. The molecule has 1 aliphatic heterocycles. The second-order valence-electron chi connectivity index (χ2n) is 5.98. The molecule has 1 saturated heterocycles. The van der Waals surface area contributed by atoms with Crippen LogP contribution in [0.1, 0.15) is 28.1 Å². The second-order valence-corrected chi connectivity index (χ2v) is 9.20. The van der Waals surface area contributed by atoms with Gasteiger partial charge in [-0.25, -0.2) is 0 Å². The SMILES string of the molecule is O=C(NC(Cc1ccccc1)C(=O)N1CCCC1)c1cc(Br)c(Br)s1. The highest BCUT2D eigenvalue weighted by Gasteiger charge is 2.28. The fourth-order valence-corrected chi connectivity index (χ4v) is 4.83. The normalized spacial score (nSPS) is 15.2. The molecule has 7 heteroatoms. The van der Waals surface area contributed by atoms with Gasteiger partial charge in [0, 0.05) is 24.0 Å². The van der Waals surface area contributed by atoms with Gasteiger partial charge < -0.3 is 10.2 Å². The van der Waals surface area contributed by atoms with E-state index in [0.717, 1.165) is 39.8 Å². The summed E-state index contributed by atoms with van der Waals surface area (Å²) in [5.41, 5.74) is 1.04. The lowest BCUT2D eigenvalue weighted by molar-refractivity contribution is -0.132.